The van der Waals surface area contributed by atoms with Crippen molar-refractivity contribution in [3.63, 3.8) is 0 Å². The first-order chi connectivity index (χ1) is 17.2. The molecule has 0 aliphatic carbocycles. The van der Waals surface area contributed by atoms with Gasteiger partial charge in [0, 0.05) is 5.69 Å². The van der Waals surface area contributed by atoms with E-state index in [2.05, 4.69) is 26.6 Å². The number of carbonyl (C=O) groups excluding carboxylic acids is 4. The summed E-state index contributed by atoms with van der Waals surface area (Å²) < 4.78 is 6.11. The van der Waals surface area contributed by atoms with Gasteiger partial charge in [0.1, 0.15) is 11.3 Å². The molecule has 1 fully saturated rings. The summed E-state index contributed by atoms with van der Waals surface area (Å²) in [5, 5.41) is 4.96. The van der Waals surface area contributed by atoms with Crippen molar-refractivity contribution < 1.29 is 23.9 Å². The highest BCUT2D eigenvalue weighted by Gasteiger charge is 2.37. The highest BCUT2D eigenvalue weighted by Crippen LogP contribution is 2.29. The van der Waals surface area contributed by atoms with Crippen LogP contribution in [-0.2, 0) is 14.4 Å². The van der Waals surface area contributed by atoms with Gasteiger partial charge >= 0.3 is 6.03 Å². The molecule has 1 saturated heterocycles. The van der Waals surface area contributed by atoms with Gasteiger partial charge in [-0.1, -0.05) is 30.3 Å². The summed E-state index contributed by atoms with van der Waals surface area (Å²) in [6, 6.07) is 18.5. The number of hydrogen-bond donors (Lipinski definition) is 2. The minimum atomic E-state index is -0.800. The van der Waals surface area contributed by atoms with Crippen molar-refractivity contribution in [2.24, 2.45) is 0 Å². The van der Waals surface area contributed by atoms with Gasteiger partial charge in [-0.3, -0.25) is 19.7 Å². The maximum atomic E-state index is 13.1. The Bertz CT molecular complexity index is 1380. The minimum absolute atomic E-state index is 0.184. The topological polar surface area (TPSA) is 105 Å². The van der Waals surface area contributed by atoms with E-state index in [-0.39, 0.29) is 18.1 Å². The van der Waals surface area contributed by atoms with Crippen LogP contribution in [0.3, 0.4) is 0 Å². The Morgan fingerprint density at radius 3 is 2.36 bits per heavy atom. The van der Waals surface area contributed by atoms with Gasteiger partial charge in [0.15, 0.2) is 6.61 Å². The average molecular weight is 548 g/mol. The zero-order valence-corrected chi connectivity index (χ0v) is 21.1. The van der Waals surface area contributed by atoms with E-state index in [1.165, 1.54) is 6.08 Å². The summed E-state index contributed by atoms with van der Waals surface area (Å²) in [6.07, 6.45) is 1.40. The lowest BCUT2D eigenvalue weighted by atomic mass is 10.1. The van der Waals surface area contributed by atoms with Crippen molar-refractivity contribution in [3.05, 3.63) is 93.5 Å². The Hall–Kier alpha value is -4.24. The number of urea groups is 1. The number of hydrogen-bond acceptors (Lipinski definition) is 5. The lowest BCUT2D eigenvalue weighted by Gasteiger charge is -2.27. The minimum Gasteiger partial charge on any atom is -0.483 e. The predicted octanol–water partition coefficient (Wildman–Crippen LogP) is 4.75. The van der Waals surface area contributed by atoms with Gasteiger partial charge in [-0.15, -0.1) is 0 Å². The molecule has 0 bridgehead atoms. The number of halogens is 1. The fourth-order valence-electron chi connectivity index (χ4n) is 3.72. The molecule has 4 rings (SSSR count). The number of imide groups is 2. The second kappa shape index (κ2) is 10.6. The van der Waals surface area contributed by atoms with Gasteiger partial charge in [-0.25, -0.2) is 9.69 Å². The summed E-state index contributed by atoms with van der Waals surface area (Å²) in [4.78, 5) is 51.2. The van der Waals surface area contributed by atoms with Gasteiger partial charge in [0.05, 0.1) is 10.2 Å². The second-order valence-electron chi connectivity index (χ2n) is 8.20. The monoisotopic (exact) mass is 547 g/mol. The van der Waals surface area contributed by atoms with E-state index in [1.807, 2.05) is 38.1 Å². The zero-order valence-electron chi connectivity index (χ0n) is 19.5. The van der Waals surface area contributed by atoms with Crippen LogP contribution in [0.15, 0.2) is 76.8 Å². The number of aryl methyl sites for hydroxylation is 2. The molecule has 182 valence electrons. The highest BCUT2D eigenvalue weighted by molar-refractivity contribution is 9.10. The molecule has 0 aromatic heterocycles. The molecule has 8 nitrogen and oxygen atoms in total. The SMILES string of the molecule is Cc1cc(C)cc(N2C(=O)NC(=O)/C(=C\c3ccc(OCC(=O)Nc4ccccc4)c(Br)c3)C2=O)c1. The van der Waals surface area contributed by atoms with Gasteiger partial charge in [-0.2, -0.15) is 0 Å². The van der Waals surface area contributed by atoms with Crippen LogP contribution in [0.4, 0.5) is 16.2 Å². The molecule has 0 spiro atoms. The van der Waals surface area contributed by atoms with Crippen LogP contribution in [0, 0.1) is 13.8 Å². The summed E-state index contributed by atoms with van der Waals surface area (Å²) in [6.45, 7) is 3.51. The number of nitrogens with zero attached hydrogens (tertiary/aromatic N) is 1. The van der Waals surface area contributed by atoms with Gasteiger partial charge in [0.2, 0.25) is 0 Å². The summed E-state index contributed by atoms with van der Waals surface area (Å²) in [7, 11) is 0. The van der Waals surface area contributed by atoms with Crippen molar-refractivity contribution >= 4 is 57.1 Å². The van der Waals surface area contributed by atoms with Crippen LogP contribution in [0.2, 0.25) is 0 Å². The predicted molar refractivity (Wildman–Crippen MR) is 140 cm³/mol. The highest BCUT2D eigenvalue weighted by atomic mass is 79.9. The van der Waals surface area contributed by atoms with Crippen LogP contribution in [0.25, 0.3) is 6.08 Å². The molecule has 3 aromatic rings. The Balaban J connectivity index is 1.50. The number of nitrogens with one attached hydrogen (secondary N) is 2. The molecule has 0 radical (unpaired) electrons. The number of anilines is 2. The number of benzene rings is 3. The quantitative estimate of drug-likeness (QED) is 0.342. The van der Waals surface area contributed by atoms with E-state index < -0.39 is 17.8 Å². The third-order valence-corrected chi connectivity index (χ3v) is 5.87. The molecule has 2 N–H and O–H groups in total. The number of para-hydroxylation sites is 1. The molecule has 1 aliphatic rings. The number of rotatable bonds is 6. The Morgan fingerprint density at radius 2 is 1.69 bits per heavy atom. The van der Waals surface area contributed by atoms with E-state index in [1.54, 1.807) is 42.5 Å². The molecule has 5 amide bonds. The largest absolute Gasteiger partial charge is 0.483 e. The van der Waals surface area contributed by atoms with Crippen molar-refractivity contribution in [3.8, 4) is 5.75 Å². The maximum absolute atomic E-state index is 13.1. The van der Waals surface area contributed by atoms with E-state index in [0.29, 0.717) is 27.2 Å². The molecule has 9 heteroatoms. The number of barbiturate groups is 1. The maximum Gasteiger partial charge on any atom is 0.335 e. The summed E-state index contributed by atoms with van der Waals surface area (Å²) in [5.74, 6) is -1.41. The summed E-state index contributed by atoms with van der Waals surface area (Å²) >= 11 is 3.40. The van der Waals surface area contributed by atoms with Crippen LogP contribution in [-0.4, -0.2) is 30.4 Å². The van der Waals surface area contributed by atoms with Gasteiger partial charge in [0.25, 0.3) is 17.7 Å². The van der Waals surface area contributed by atoms with Gasteiger partial charge in [-0.05, 0) is 88.9 Å². The third-order valence-electron chi connectivity index (χ3n) is 5.25. The first kappa shape index (κ1) is 24.9. The lowest BCUT2D eigenvalue weighted by Crippen LogP contribution is -2.54. The normalized spacial score (nSPS) is 14.6. The van der Waals surface area contributed by atoms with Crippen molar-refractivity contribution in [1.82, 2.24) is 5.32 Å². The van der Waals surface area contributed by atoms with Crippen molar-refractivity contribution in [1.29, 1.82) is 0 Å². The number of amides is 5. The molecule has 0 saturated carbocycles. The third kappa shape index (κ3) is 5.69. The summed E-state index contributed by atoms with van der Waals surface area (Å²) in [5.41, 5.74) is 3.14. The van der Waals surface area contributed by atoms with E-state index in [0.717, 1.165) is 16.0 Å². The lowest BCUT2D eigenvalue weighted by molar-refractivity contribution is -0.122. The van der Waals surface area contributed by atoms with Crippen molar-refractivity contribution in [2.45, 2.75) is 13.8 Å². The fraction of sp³-hybridized carbons (Fsp3) is 0.111. The molecule has 1 heterocycles. The van der Waals surface area contributed by atoms with E-state index in [4.69, 9.17) is 4.74 Å². The average Bonchev–Trinajstić information content (AvgIpc) is 2.81. The molecule has 36 heavy (non-hydrogen) atoms. The molecule has 1 aliphatic heterocycles. The molecular formula is C27H22BrN3O5. The Labute approximate surface area is 216 Å². The fourth-order valence-corrected chi connectivity index (χ4v) is 4.24. The Kier molecular flexibility index (Phi) is 7.30. The molecule has 0 atom stereocenters. The van der Waals surface area contributed by atoms with Crippen LogP contribution in [0.1, 0.15) is 16.7 Å². The van der Waals surface area contributed by atoms with Crippen LogP contribution in [0.5, 0.6) is 5.75 Å². The van der Waals surface area contributed by atoms with Gasteiger partial charge < -0.3 is 10.1 Å². The van der Waals surface area contributed by atoms with E-state index >= 15 is 0 Å². The van der Waals surface area contributed by atoms with Crippen LogP contribution >= 0.6 is 15.9 Å². The molecular weight excluding hydrogens is 526 g/mol. The second-order valence-corrected chi connectivity index (χ2v) is 9.05. The standard InChI is InChI=1S/C27H22BrN3O5/c1-16-10-17(2)12-20(11-16)31-26(34)21(25(33)30-27(31)35)13-18-8-9-23(22(28)14-18)36-15-24(32)29-19-6-4-3-5-7-19/h3-14H,15H2,1-2H3,(H,29,32)(H,30,33,35)/b21-13+. The van der Waals surface area contributed by atoms with E-state index in [9.17, 15) is 19.2 Å². The number of ether oxygens (including phenoxy) is 1. The number of carbonyl (C=O) groups is 4. The first-order valence-electron chi connectivity index (χ1n) is 11.0. The van der Waals surface area contributed by atoms with Crippen molar-refractivity contribution in [2.75, 3.05) is 16.8 Å². The zero-order chi connectivity index (χ0) is 25.8. The Morgan fingerprint density at radius 1 is 1.00 bits per heavy atom. The first-order valence-corrected chi connectivity index (χ1v) is 11.8. The smallest absolute Gasteiger partial charge is 0.335 e. The molecule has 3 aromatic carbocycles. The van der Waals surface area contributed by atoms with Crippen LogP contribution < -0.4 is 20.3 Å². The molecule has 0 unspecified atom stereocenters.